The Morgan fingerprint density at radius 1 is 1.25 bits per heavy atom. The van der Waals surface area contributed by atoms with Crippen LogP contribution >= 0.6 is 7.60 Å². The minimum absolute atomic E-state index is 0.0984. The number of hydrogen-bond donors (Lipinski definition) is 3. The molecular weight excluding hydrogens is 235 g/mol. The number of aliphatic carboxylic acids is 1. The highest BCUT2D eigenvalue weighted by molar-refractivity contribution is 7.51. The van der Waals surface area contributed by atoms with Crippen LogP contribution in [0.25, 0.3) is 0 Å². The molecule has 3 N–H and O–H groups in total. The molecule has 0 fully saturated rings. The van der Waals surface area contributed by atoms with Crippen molar-refractivity contribution in [2.45, 2.75) is 6.42 Å². The molecule has 1 aromatic carbocycles. The lowest BCUT2D eigenvalue weighted by atomic mass is 10.1. The van der Waals surface area contributed by atoms with E-state index in [1.165, 1.54) is 24.3 Å². The third kappa shape index (κ3) is 4.93. The minimum atomic E-state index is -4.18. The smallest absolute Gasteiger partial charge is 0.362 e. The van der Waals surface area contributed by atoms with Crippen molar-refractivity contribution in [3.63, 3.8) is 0 Å². The summed E-state index contributed by atoms with van der Waals surface area (Å²) in [5.74, 6) is -0.652. The molecule has 0 radical (unpaired) electrons. The lowest BCUT2D eigenvalue weighted by Crippen LogP contribution is -2.01. The zero-order valence-corrected chi connectivity index (χ0v) is 9.13. The van der Waals surface area contributed by atoms with E-state index in [0.717, 1.165) is 0 Å². The van der Waals surface area contributed by atoms with Crippen molar-refractivity contribution < 1.29 is 29.0 Å². The molecule has 0 saturated carbocycles. The molecule has 1 rings (SSSR count). The highest BCUT2D eigenvalue weighted by Crippen LogP contribution is 2.34. The van der Waals surface area contributed by atoms with Gasteiger partial charge in [-0.25, -0.2) is 0 Å². The van der Waals surface area contributed by atoms with Crippen LogP contribution in [0.3, 0.4) is 0 Å². The zero-order chi connectivity index (χ0) is 12.2. The summed E-state index contributed by atoms with van der Waals surface area (Å²) >= 11 is 0. The molecule has 1 aromatic rings. The monoisotopic (exact) mass is 246 g/mol. The largest absolute Gasteiger partial charge is 0.481 e. The quantitative estimate of drug-likeness (QED) is 0.664. The standard InChI is InChI=1S/C9H11O6P/c10-9(11)5-7-1-3-8(4-2-7)15-6-16(12,13)14/h1-4H,5-6H2,(H,10,11)(H2,12,13,14). The number of rotatable bonds is 5. The highest BCUT2D eigenvalue weighted by atomic mass is 31.2. The molecule has 0 heterocycles. The Morgan fingerprint density at radius 2 is 1.81 bits per heavy atom. The summed E-state index contributed by atoms with van der Waals surface area (Å²) in [6, 6.07) is 5.99. The number of carboxylic acids is 1. The van der Waals surface area contributed by atoms with E-state index in [2.05, 4.69) is 0 Å². The Morgan fingerprint density at radius 3 is 2.25 bits per heavy atom. The average Bonchev–Trinajstić information content (AvgIpc) is 2.14. The molecule has 0 atom stereocenters. The topological polar surface area (TPSA) is 104 Å². The van der Waals surface area contributed by atoms with E-state index in [-0.39, 0.29) is 12.2 Å². The maximum absolute atomic E-state index is 10.5. The van der Waals surface area contributed by atoms with E-state index < -0.39 is 19.9 Å². The molecule has 0 unspecified atom stereocenters. The third-order valence-electron chi connectivity index (χ3n) is 1.68. The van der Waals surface area contributed by atoms with Crippen LogP contribution in [0.5, 0.6) is 5.75 Å². The predicted octanol–water partition coefficient (Wildman–Crippen LogP) is 0.828. The van der Waals surface area contributed by atoms with Gasteiger partial charge < -0.3 is 19.6 Å². The minimum Gasteiger partial charge on any atom is -0.481 e. The van der Waals surface area contributed by atoms with Crippen LogP contribution < -0.4 is 4.74 Å². The fourth-order valence-electron chi connectivity index (χ4n) is 1.04. The van der Waals surface area contributed by atoms with Crippen LogP contribution in [0.4, 0.5) is 0 Å². The Bertz CT molecular complexity index is 407. The Hall–Kier alpha value is -1.36. The van der Waals surface area contributed by atoms with E-state index >= 15 is 0 Å². The average molecular weight is 246 g/mol. The van der Waals surface area contributed by atoms with Gasteiger partial charge in [0.1, 0.15) is 5.75 Å². The van der Waals surface area contributed by atoms with Gasteiger partial charge in [0, 0.05) is 0 Å². The Balaban J connectivity index is 2.58. The van der Waals surface area contributed by atoms with Crippen LogP contribution in [-0.4, -0.2) is 27.2 Å². The second-order valence-corrected chi connectivity index (χ2v) is 4.74. The summed E-state index contributed by atoms with van der Waals surface area (Å²) in [6.45, 7) is 0. The van der Waals surface area contributed by atoms with Gasteiger partial charge in [0.25, 0.3) is 0 Å². The molecule has 16 heavy (non-hydrogen) atoms. The normalized spacial score (nSPS) is 11.1. The fraction of sp³-hybridized carbons (Fsp3) is 0.222. The summed E-state index contributed by atoms with van der Waals surface area (Å²) in [5, 5.41) is 8.51. The summed E-state index contributed by atoms with van der Waals surface area (Å²) in [7, 11) is -4.18. The first kappa shape index (κ1) is 12.7. The van der Waals surface area contributed by atoms with Gasteiger partial charge in [0.15, 0.2) is 6.35 Å². The molecule has 88 valence electrons. The van der Waals surface area contributed by atoms with Crippen LogP contribution in [-0.2, 0) is 15.8 Å². The maximum Gasteiger partial charge on any atom is 0.362 e. The van der Waals surface area contributed by atoms with Crippen molar-refractivity contribution in [3.05, 3.63) is 29.8 Å². The van der Waals surface area contributed by atoms with Gasteiger partial charge in [0.05, 0.1) is 6.42 Å². The van der Waals surface area contributed by atoms with E-state index in [4.69, 9.17) is 19.6 Å². The summed E-state index contributed by atoms with van der Waals surface area (Å²) in [6.07, 6.45) is -0.788. The lowest BCUT2D eigenvalue weighted by molar-refractivity contribution is -0.136. The van der Waals surface area contributed by atoms with Gasteiger partial charge in [-0.2, -0.15) is 0 Å². The molecule has 0 aliphatic carbocycles. The van der Waals surface area contributed by atoms with Crippen LogP contribution in [0.15, 0.2) is 24.3 Å². The van der Waals surface area contributed by atoms with Gasteiger partial charge in [-0.3, -0.25) is 9.36 Å². The van der Waals surface area contributed by atoms with Crippen LogP contribution in [0, 0.1) is 0 Å². The molecule has 0 spiro atoms. The molecule has 0 saturated heterocycles. The van der Waals surface area contributed by atoms with Crippen LogP contribution in [0.1, 0.15) is 5.56 Å². The van der Waals surface area contributed by atoms with E-state index in [0.29, 0.717) is 5.56 Å². The SMILES string of the molecule is O=C(O)Cc1ccc(OCP(=O)(O)O)cc1. The second-order valence-electron chi connectivity index (χ2n) is 3.15. The molecule has 0 aromatic heterocycles. The van der Waals surface area contributed by atoms with Crippen molar-refractivity contribution >= 4 is 13.6 Å². The fourth-order valence-corrected chi connectivity index (χ4v) is 1.35. The summed E-state index contributed by atoms with van der Waals surface area (Å²) in [4.78, 5) is 27.5. The molecular formula is C9H11O6P. The first-order valence-electron chi connectivity index (χ1n) is 4.35. The van der Waals surface area contributed by atoms with Crippen molar-refractivity contribution in [1.29, 1.82) is 0 Å². The zero-order valence-electron chi connectivity index (χ0n) is 8.24. The van der Waals surface area contributed by atoms with E-state index in [1.54, 1.807) is 0 Å². The van der Waals surface area contributed by atoms with Gasteiger partial charge in [-0.15, -0.1) is 0 Å². The molecule has 0 aliphatic heterocycles. The lowest BCUT2D eigenvalue weighted by Gasteiger charge is -2.07. The van der Waals surface area contributed by atoms with Crippen LogP contribution in [0.2, 0.25) is 0 Å². The molecule has 0 aliphatic rings. The first-order chi connectivity index (χ1) is 7.37. The van der Waals surface area contributed by atoms with Gasteiger partial charge in [-0.05, 0) is 17.7 Å². The van der Waals surface area contributed by atoms with Crippen molar-refractivity contribution in [3.8, 4) is 5.75 Å². The van der Waals surface area contributed by atoms with E-state index in [1.807, 2.05) is 0 Å². The Kier molecular flexibility index (Phi) is 4.06. The highest BCUT2D eigenvalue weighted by Gasteiger charge is 2.13. The van der Waals surface area contributed by atoms with Crippen molar-refractivity contribution in [2.75, 3.05) is 6.35 Å². The number of carboxylic acid groups (broad SMARTS) is 1. The number of ether oxygens (including phenoxy) is 1. The number of hydrogen-bond acceptors (Lipinski definition) is 3. The van der Waals surface area contributed by atoms with E-state index in [9.17, 15) is 9.36 Å². The molecule has 0 bridgehead atoms. The Labute approximate surface area is 91.6 Å². The third-order valence-corrected chi connectivity index (χ3v) is 2.14. The van der Waals surface area contributed by atoms with Crippen molar-refractivity contribution in [1.82, 2.24) is 0 Å². The number of benzene rings is 1. The summed E-state index contributed by atoms with van der Waals surface area (Å²) in [5.41, 5.74) is 0.594. The molecule has 0 amide bonds. The summed E-state index contributed by atoms with van der Waals surface area (Å²) < 4.78 is 15.3. The maximum atomic E-state index is 10.5. The van der Waals surface area contributed by atoms with Crippen molar-refractivity contribution in [2.24, 2.45) is 0 Å². The molecule has 7 heteroatoms. The van der Waals surface area contributed by atoms with Gasteiger partial charge in [-0.1, -0.05) is 12.1 Å². The predicted molar refractivity (Wildman–Crippen MR) is 55.3 cm³/mol. The molecule has 6 nitrogen and oxygen atoms in total. The second kappa shape index (κ2) is 5.12. The van der Waals surface area contributed by atoms with Gasteiger partial charge in [0.2, 0.25) is 0 Å². The van der Waals surface area contributed by atoms with Gasteiger partial charge >= 0.3 is 13.6 Å². The number of carbonyl (C=O) groups is 1. The first-order valence-corrected chi connectivity index (χ1v) is 6.15.